The summed E-state index contributed by atoms with van der Waals surface area (Å²) in [4.78, 5) is 2.16. The topological polar surface area (TPSA) is 32.7 Å². The second-order valence-corrected chi connectivity index (χ2v) is 8.01. The first kappa shape index (κ1) is 22.5. The summed E-state index contributed by atoms with van der Waals surface area (Å²) in [5.74, 6) is 0.0454. The Labute approximate surface area is 175 Å². The summed E-state index contributed by atoms with van der Waals surface area (Å²) in [6.07, 6.45) is -0.835. The van der Waals surface area contributed by atoms with Gasteiger partial charge in [0.15, 0.2) is 0 Å². The lowest BCUT2D eigenvalue weighted by Crippen LogP contribution is -2.46. The summed E-state index contributed by atoms with van der Waals surface area (Å²) in [6.45, 7) is 6.22. The van der Waals surface area contributed by atoms with Gasteiger partial charge >= 0.3 is 6.18 Å². The van der Waals surface area contributed by atoms with E-state index in [1.165, 1.54) is 12.1 Å². The summed E-state index contributed by atoms with van der Waals surface area (Å²) in [7, 11) is 2.01. The molecule has 162 valence electrons. The minimum atomic E-state index is -4.24. The van der Waals surface area contributed by atoms with Crippen LogP contribution < -0.4 is 0 Å². The Balaban J connectivity index is 0.000000177. The van der Waals surface area contributed by atoms with Gasteiger partial charge in [-0.2, -0.15) is 13.2 Å². The number of likely N-dealkylation sites (tertiary alicyclic amines) is 1. The number of ether oxygens (including phenoxy) is 1. The largest absolute Gasteiger partial charge is 0.416 e. The van der Waals surface area contributed by atoms with Gasteiger partial charge in [-0.15, -0.1) is 0 Å². The number of hydrogen-bond acceptors (Lipinski definition) is 3. The van der Waals surface area contributed by atoms with Crippen LogP contribution in [0.4, 0.5) is 13.2 Å². The number of halogens is 3. The highest BCUT2D eigenvalue weighted by Crippen LogP contribution is 2.38. The first-order chi connectivity index (χ1) is 14.2. The van der Waals surface area contributed by atoms with Crippen molar-refractivity contribution < 1.29 is 23.0 Å². The minimum Gasteiger partial charge on any atom is -0.380 e. The zero-order valence-corrected chi connectivity index (χ0v) is 17.2. The molecular formula is C24H28F3NO2. The number of benzene rings is 2. The van der Waals surface area contributed by atoms with Crippen LogP contribution >= 0.6 is 0 Å². The lowest BCUT2D eigenvalue weighted by molar-refractivity contribution is -0.184. The predicted molar refractivity (Wildman–Crippen MR) is 112 cm³/mol. The van der Waals surface area contributed by atoms with E-state index in [4.69, 9.17) is 4.74 Å². The molecule has 2 fully saturated rings. The Morgan fingerprint density at radius 1 is 1.07 bits per heavy atom. The molecule has 3 nitrogen and oxygen atoms in total. The second kappa shape index (κ2) is 9.33. The summed E-state index contributed by atoms with van der Waals surface area (Å²) in [6, 6.07) is 13.7. The van der Waals surface area contributed by atoms with Crippen molar-refractivity contribution >= 4 is 6.08 Å². The smallest absolute Gasteiger partial charge is 0.380 e. The van der Waals surface area contributed by atoms with Crippen molar-refractivity contribution in [3.63, 3.8) is 0 Å². The Bertz CT molecular complexity index is 836. The van der Waals surface area contributed by atoms with Gasteiger partial charge in [-0.3, -0.25) is 0 Å². The minimum absolute atomic E-state index is 0.0454. The van der Waals surface area contributed by atoms with Gasteiger partial charge in [-0.25, -0.2) is 0 Å². The second-order valence-electron chi connectivity index (χ2n) is 8.01. The third-order valence-electron chi connectivity index (χ3n) is 5.79. The van der Waals surface area contributed by atoms with Crippen molar-refractivity contribution in [2.45, 2.75) is 30.5 Å². The van der Waals surface area contributed by atoms with Gasteiger partial charge in [0.1, 0.15) is 5.60 Å². The van der Waals surface area contributed by atoms with Crippen LogP contribution in [0.5, 0.6) is 0 Å². The number of rotatable bonds is 3. The Hall–Kier alpha value is -2.15. The van der Waals surface area contributed by atoms with E-state index in [2.05, 4.69) is 11.5 Å². The molecule has 2 aliphatic heterocycles. The highest BCUT2D eigenvalue weighted by atomic mass is 19.4. The van der Waals surface area contributed by atoms with Crippen molar-refractivity contribution in [3.05, 3.63) is 77.4 Å². The van der Waals surface area contributed by atoms with E-state index in [1.54, 1.807) is 18.2 Å². The lowest BCUT2D eigenvalue weighted by atomic mass is 9.86. The first-order valence-electron chi connectivity index (χ1n) is 10.1. The average molecular weight is 419 g/mol. The summed E-state index contributed by atoms with van der Waals surface area (Å²) >= 11 is 0. The van der Waals surface area contributed by atoms with Crippen LogP contribution in [0.3, 0.4) is 0 Å². The average Bonchev–Trinajstić information content (AvgIpc) is 2.72. The fourth-order valence-electron chi connectivity index (χ4n) is 3.82. The van der Waals surface area contributed by atoms with Gasteiger partial charge in [-0.1, -0.05) is 55.1 Å². The molecule has 2 aromatic carbocycles. The first-order valence-corrected chi connectivity index (χ1v) is 10.1. The Kier molecular flexibility index (Phi) is 7.01. The highest BCUT2D eigenvalue weighted by Gasteiger charge is 2.37. The van der Waals surface area contributed by atoms with Crippen molar-refractivity contribution in [2.75, 3.05) is 33.4 Å². The fourth-order valence-corrected chi connectivity index (χ4v) is 3.82. The maximum atomic E-state index is 12.9. The third kappa shape index (κ3) is 5.31. The van der Waals surface area contributed by atoms with Crippen LogP contribution in [-0.4, -0.2) is 43.4 Å². The maximum Gasteiger partial charge on any atom is 0.416 e. The normalized spacial score (nSPS) is 19.4. The number of aliphatic hydroxyl groups is 1. The molecule has 2 saturated heterocycles. The molecule has 2 heterocycles. The van der Waals surface area contributed by atoms with Crippen molar-refractivity contribution in [1.82, 2.24) is 4.90 Å². The standard InChI is InChI=1S/C13H16F3N.C11H12O2/c1-17-8-6-10(7-9-17)11-4-2-3-5-12(11)13(14,15)16;1-2-9-3-5-10(6-4-9)11(12)7-13-8-11/h2-5,10H,6-9H2,1H3;2-6,12H,1,7-8H2. The highest BCUT2D eigenvalue weighted by molar-refractivity contribution is 5.48. The molecule has 0 bridgehead atoms. The van der Waals surface area contributed by atoms with Gasteiger partial charge in [0, 0.05) is 0 Å². The van der Waals surface area contributed by atoms with E-state index < -0.39 is 17.3 Å². The zero-order chi connectivity index (χ0) is 21.8. The van der Waals surface area contributed by atoms with Gasteiger partial charge in [-0.05, 0) is 61.7 Å². The molecule has 0 radical (unpaired) electrons. The summed E-state index contributed by atoms with van der Waals surface area (Å²) in [5, 5.41) is 9.89. The van der Waals surface area contributed by atoms with E-state index >= 15 is 0 Å². The zero-order valence-electron chi connectivity index (χ0n) is 17.2. The van der Waals surface area contributed by atoms with Crippen LogP contribution in [0.2, 0.25) is 0 Å². The van der Waals surface area contributed by atoms with Gasteiger partial charge in [0.2, 0.25) is 0 Å². The lowest BCUT2D eigenvalue weighted by Gasteiger charge is -2.36. The molecule has 0 spiro atoms. The fraction of sp³-hybridized carbons (Fsp3) is 0.417. The molecule has 6 heteroatoms. The molecule has 0 saturated carbocycles. The number of nitrogens with zero attached hydrogens (tertiary/aromatic N) is 1. The predicted octanol–water partition coefficient (Wildman–Crippen LogP) is 5.06. The Morgan fingerprint density at radius 2 is 1.67 bits per heavy atom. The van der Waals surface area contributed by atoms with Crippen molar-refractivity contribution in [3.8, 4) is 0 Å². The van der Waals surface area contributed by atoms with Crippen LogP contribution in [0.15, 0.2) is 55.1 Å². The van der Waals surface area contributed by atoms with Crippen LogP contribution in [0.25, 0.3) is 6.08 Å². The quantitative estimate of drug-likeness (QED) is 0.755. The number of hydrogen-bond donors (Lipinski definition) is 1. The molecule has 0 atom stereocenters. The van der Waals surface area contributed by atoms with Gasteiger partial charge < -0.3 is 14.7 Å². The van der Waals surface area contributed by atoms with Crippen molar-refractivity contribution in [1.29, 1.82) is 0 Å². The van der Waals surface area contributed by atoms with Crippen LogP contribution in [-0.2, 0) is 16.5 Å². The van der Waals surface area contributed by atoms with Gasteiger partial charge in [0.05, 0.1) is 18.8 Å². The van der Waals surface area contributed by atoms with E-state index in [0.29, 0.717) is 18.8 Å². The van der Waals surface area contributed by atoms with Crippen LogP contribution in [0, 0.1) is 0 Å². The Morgan fingerprint density at radius 3 is 2.17 bits per heavy atom. The molecule has 0 aromatic heterocycles. The van der Waals surface area contributed by atoms with E-state index in [0.717, 1.165) is 37.1 Å². The van der Waals surface area contributed by atoms with Crippen molar-refractivity contribution in [2.24, 2.45) is 0 Å². The molecule has 0 amide bonds. The SMILES string of the molecule is C=Cc1ccc(C2(O)COC2)cc1.CN1CCC(c2ccccc2C(F)(F)F)CC1. The molecule has 2 aliphatic rings. The molecule has 0 aliphatic carbocycles. The third-order valence-corrected chi connectivity index (χ3v) is 5.79. The molecule has 30 heavy (non-hydrogen) atoms. The van der Waals surface area contributed by atoms with E-state index in [1.807, 2.05) is 31.3 Å². The molecular weight excluding hydrogens is 391 g/mol. The molecule has 2 aromatic rings. The maximum absolute atomic E-state index is 12.9. The monoisotopic (exact) mass is 419 g/mol. The van der Waals surface area contributed by atoms with Crippen LogP contribution in [0.1, 0.15) is 41.0 Å². The number of alkyl halides is 3. The molecule has 0 unspecified atom stereocenters. The van der Waals surface area contributed by atoms with E-state index in [9.17, 15) is 18.3 Å². The summed E-state index contributed by atoms with van der Waals surface area (Å²) < 4.78 is 43.6. The van der Waals surface area contributed by atoms with E-state index in [-0.39, 0.29) is 5.92 Å². The molecule has 1 N–H and O–H groups in total. The summed E-state index contributed by atoms with van der Waals surface area (Å²) in [5.41, 5.74) is 1.24. The van der Waals surface area contributed by atoms with Gasteiger partial charge in [0.25, 0.3) is 0 Å². The number of piperidine rings is 1. The molecule has 4 rings (SSSR count).